The summed E-state index contributed by atoms with van der Waals surface area (Å²) in [6.45, 7) is 5.26. The van der Waals surface area contributed by atoms with Crippen LogP contribution in [-0.2, 0) is 6.42 Å². The number of benzene rings is 1. The van der Waals surface area contributed by atoms with Crippen LogP contribution in [0.3, 0.4) is 0 Å². The summed E-state index contributed by atoms with van der Waals surface area (Å²) in [6, 6.07) is 7.62. The molecule has 0 radical (unpaired) electrons. The van der Waals surface area contributed by atoms with Gasteiger partial charge in [-0.05, 0) is 70.9 Å². The number of hydrogen-bond donors (Lipinski definition) is 1. The maximum atomic E-state index is 13.6. The number of thiophene rings is 1. The van der Waals surface area contributed by atoms with Crippen LogP contribution in [-0.4, -0.2) is 6.54 Å². The summed E-state index contributed by atoms with van der Waals surface area (Å²) < 4.78 is 14.2. The van der Waals surface area contributed by atoms with E-state index < -0.39 is 0 Å². The lowest BCUT2D eigenvalue weighted by Crippen LogP contribution is -2.24. The maximum absolute atomic E-state index is 13.6. The highest BCUT2D eigenvalue weighted by molar-refractivity contribution is 9.10. The van der Waals surface area contributed by atoms with Crippen molar-refractivity contribution in [1.82, 2.24) is 5.32 Å². The third-order valence-corrected chi connectivity index (χ3v) is 5.34. The van der Waals surface area contributed by atoms with Gasteiger partial charge in [0, 0.05) is 10.9 Å². The minimum Gasteiger partial charge on any atom is -0.309 e. The lowest BCUT2D eigenvalue weighted by atomic mass is 10.0. The minimum absolute atomic E-state index is 0.195. The van der Waals surface area contributed by atoms with Crippen molar-refractivity contribution in [3.63, 3.8) is 0 Å². The Hall–Kier alpha value is -0.710. The van der Waals surface area contributed by atoms with Gasteiger partial charge < -0.3 is 5.32 Å². The van der Waals surface area contributed by atoms with Crippen LogP contribution in [0.25, 0.3) is 0 Å². The third-order valence-electron chi connectivity index (χ3n) is 3.31. The van der Waals surface area contributed by atoms with Crippen LogP contribution in [0.2, 0.25) is 0 Å². The van der Waals surface area contributed by atoms with Gasteiger partial charge in [-0.2, -0.15) is 0 Å². The molecule has 4 heteroatoms. The molecule has 1 aromatic carbocycles. The molecule has 0 aliphatic rings. The monoisotopic (exact) mass is 355 g/mol. The second kappa shape index (κ2) is 7.34. The second-order valence-corrected chi connectivity index (χ2v) is 6.63. The normalized spacial score (nSPS) is 12.6. The Morgan fingerprint density at radius 1 is 1.35 bits per heavy atom. The third kappa shape index (κ3) is 3.68. The van der Waals surface area contributed by atoms with E-state index in [0.717, 1.165) is 24.9 Å². The van der Waals surface area contributed by atoms with Crippen molar-refractivity contribution < 1.29 is 4.39 Å². The molecule has 0 fully saturated rings. The van der Waals surface area contributed by atoms with Crippen molar-refractivity contribution in [2.24, 2.45) is 0 Å². The van der Waals surface area contributed by atoms with Gasteiger partial charge in [-0.25, -0.2) is 4.39 Å². The zero-order valence-corrected chi connectivity index (χ0v) is 14.2. The van der Waals surface area contributed by atoms with Gasteiger partial charge in [0.25, 0.3) is 0 Å². The molecule has 2 aromatic rings. The zero-order chi connectivity index (χ0) is 14.5. The molecular weight excluding hydrogens is 337 g/mol. The molecule has 1 atom stereocenters. The number of aryl methyl sites for hydroxylation is 1. The smallest absolute Gasteiger partial charge is 0.137 e. The average Bonchev–Trinajstić information content (AvgIpc) is 2.85. The van der Waals surface area contributed by atoms with Crippen molar-refractivity contribution in [2.75, 3.05) is 6.54 Å². The fourth-order valence-electron chi connectivity index (χ4n) is 2.24. The zero-order valence-electron chi connectivity index (χ0n) is 11.7. The Kier molecular flexibility index (Phi) is 5.75. The van der Waals surface area contributed by atoms with Gasteiger partial charge >= 0.3 is 0 Å². The van der Waals surface area contributed by atoms with E-state index in [1.165, 1.54) is 16.5 Å². The quantitative estimate of drug-likeness (QED) is 0.746. The van der Waals surface area contributed by atoms with Crippen LogP contribution in [0.4, 0.5) is 4.39 Å². The van der Waals surface area contributed by atoms with E-state index in [0.29, 0.717) is 4.47 Å². The van der Waals surface area contributed by atoms with Gasteiger partial charge in [-0.1, -0.05) is 19.1 Å². The van der Waals surface area contributed by atoms with Crippen LogP contribution in [0.15, 0.2) is 34.1 Å². The standard InChI is InChI=1S/C16H19BrFNS/c1-3-8-19-14(16-11(2)7-9-20-16)10-12-5-4-6-13(18)15(12)17/h4-7,9,14,19H,3,8,10H2,1-2H3. The van der Waals surface area contributed by atoms with Gasteiger partial charge in [0.05, 0.1) is 4.47 Å². The fourth-order valence-corrected chi connectivity index (χ4v) is 3.67. The first-order valence-corrected chi connectivity index (χ1v) is 8.51. The molecule has 0 aliphatic heterocycles. The van der Waals surface area contributed by atoms with Crippen molar-refractivity contribution >= 4 is 27.3 Å². The van der Waals surface area contributed by atoms with Gasteiger partial charge in [0.1, 0.15) is 5.82 Å². The lowest BCUT2D eigenvalue weighted by molar-refractivity contribution is 0.531. The predicted molar refractivity (Wildman–Crippen MR) is 87.9 cm³/mol. The molecule has 1 heterocycles. The molecule has 108 valence electrons. The number of hydrogen-bond acceptors (Lipinski definition) is 2. The highest BCUT2D eigenvalue weighted by Crippen LogP contribution is 2.30. The second-order valence-electron chi connectivity index (χ2n) is 4.89. The summed E-state index contributed by atoms with van der Waals surface area (Å²) in [6.07, 6.45) is 1.88. The van der Waals surface area contributed by atoms with Crippen molar-refractivity contribution in [3.05, 3.63) is 55.9 Å². The molecule has 0 bridgehead atoms. The maximum Gasteiger partial charge on any atom is 0.137 e. The molecule has 0 spiro atoms. The van der Waals surface area contributed by atoms with Gasteiger partial charge in [0.15, 0.2) is 0 Å². The Morgan fingerprint density at radius 2 is 2.15 bits per heavy atom. The Labute approximate surface area is 132 Å². The molecule has 0 aliphatic carbocycles. The molecule has 2 rings (SSSR count). The van der Waals surface area contributed by atoms with Gasteiger partial charge in [0.2, 0.25) is 0 Å². The summed E-state index contributed by atoms with van der Waals surface area (Å²) >= 11 is 5.13. The summed E-state index contributed by atoms with van der Waals surface area (Å²) in [5.41, 5.74) is 2.31. The predicted octanol–water partition coefficient (Wildman–Crippen LogP) is 5.24. The molecule has 0 saturated heterocycles. The first kappa shape index (κ1) is 15.7. The van der Waals surface area contributed by atoms with Crippen LogP contribution in [0, 0.1) is 12.7 Å². The van der Waals surface area contributed by atoms with Crippen molar-refractivity contribution in [3.8, 4) is 0 Å². The topological polar surface area (TPSA) is 12.0 Å². The number of rotatable bonds is 6. The van der Waals surface area contributed by atoms with E-state index in [-0.39, 0.29) is 11.9 Å². The molecule has 1 N–H and O–H groups in total. The summed E-state index contributed by atoms with van der Waals surface area (Å²) in [5, 5.41) is 5.69. The largest absolute Gasteiger partial charge is 0.309 e. The van der Waals surface area contributed by atoms with E-state index in [1.54, 1.807) is 17.4 Å². The number of nitrogens with one attached hydrogen (secondary N) is 1. The van der Waals surface area contributed by atoms with E-state index >= 15 is 0 Å². The van der Waals surface area contributed by atoms with E-state index in [9.17, 15) is 4.39 Å². The van der Waals surface area contributed by atoms with E-state index in [1.807, 2.05) is 6.07 Å². The molecule has 1 aromatic heterocycles. The van der Waals surface area contributed by atoms with E-state index in [4.69, 9.17) is 0 Å². The molecule has 20 heavy (non-hydrogen) atoms. The first-order chi connectivity index (χ1) is 9.63. The summed E-state index contributed by atoms with van der Waals surface area (Å²) in [4.78, 5) is 1.34. The number of halogens is 2. The van der Waals surface area contributed by atoms with Crippen molar-refractivity contribution in [1.29, 1.82) is 0 Å². The van der Waals surface area contributed by atoms with Crippen molar-refractivity contribution in [2.45, 2.75) is 32.7 Å². The average molecular weight is 356 g/mol. The minimum atomic E-state index is -0.195. The highest BCUT2D eigenvalue weighted by atomic mass is 79.9. The summed E-state index contributed by atoms with van der Waals surface area (Å²) in [7, 11) is 0. The SMILES string of the molecule is CCCNC(Cc1cccc(F)c1Br)c1sccc1C. The van der Waals surface area contributed by atoms with Crippen LogP contribution in [0.1, 0.15) is 35.4 Å². The molecule has 0 amide bonds. The molecule has 0 saturated carbocycles. The Morgan fingerprint density at radius 3 is 2.80 bits per heavy atom. The molecular formula is C16H19BrFNS. The molecule has 1 nitrogen and oxygen atoms in total. The fraction of sp³-hybridized carbons (Fsp3) is 0.375. The highest BCUT2D eigenvalue weighted by Gasteiger charge is 2.17. The lowest BCUT2D eigenvalue weighted by Gasteiger charge is -2.19. The van der Waals surface area contributed by atoms with E-state index in [2.05, 4.69) is 46.5 Å². The van der Waals surface area contributed by atoms with Crippen LogP contribution >= 0.6 is 27.3 Å². The van der Waals surface area contributed by atoms with Crippen LogP contribution < -0.4 is 5.32 Å². The summed E-state index contributed by atoms with van der Waals surface area (Å²) in [5.74, 6) is -0.195. The molecule has 1 unspecified atom stereocenters. The van der Waals surface area contributed by atoms with Gasteiger partial charge in [-0.15, -0.1) is 11.3 Å². The van der Waals surface area contributed by atoms with Crippen LogP contribution in [0.5, 0.6) is 0 Å². The Balaban J connectivity index is 2.24. The first-order valence-electron chi connectivity index (χ1n) is 6.83. The Bertz CT molecular complexity index is 567. The van der Waals surface area contributed by atoms with Gasteiger partial charge in [-0.3, -0.25) is 0 Å².